The largest absolute Gasteiger partial charge is 0.486 e. The fourth-order valence-corrected chi connectivity index (χ4v) is 10.1. The van der Waals surface area contributed by atoms with Gasteiger partial charge < -0.3 is 14.0 Å². The second-order valence-corrected chi connectivity index (χ2v) is 23.6. The van der Waals surface area contributed by atoms with Crippen LogP contribution in [0.2, 0.25) is 19.6 Å². The summed E-state index contributed by atoms with van der Waals surface area (Å²) in [6.45, 7) is 20.5. The minimum absolute atomic E-state index is 0. The van der Waals surface area contributed by atoms with E-state index in [1.807, 2.05) is 60.7 Å². The van der Waals surface area contributed by atoms with Crippen LogP contribution in [-0.4, -0.2) is 27.6 Å². The van der Waals surface area contributed by atoms with E-state index in [2.05, 4.69) is 130 Å². The van der Waals surface area contributed by atoms with E-state index in [0.29, 0.717) is 33.7 Å². The Hall–Kier alpha value is -5.67. The number of hydrogen-bond donors (Lipinski definition) is 0. The number of para-hydroxylation sites is 2. The Labute approximate surface area is 394 Å². The van der Waals surface area contributed by atoms with Crippen molar-refractivity contribution in [2.24, 2.45) is 5.92 Å². The van der Waals surface area contributed by atoms with Crippen molar-refractivity contribution >= 4 is 46.4 Å². The molecule has 0 aliphatic rings. The van der Waals surface area contributed by atoms with Crippen LogP contribution in [0, 0.1) is 18.1 Å². The van der Waals surface area contributed by atoms with Gasteiger partial charge in [0.15, 0.2) is 0 Å². The molecule has 0 spiro atoms. The zero-order valence-electron chi connectivity index (χ0n) is 38.2. The third-order valence-electron chi connectivity index (χ3n) is 11.5. The number of rotatable bonds is 9. The van der Waals surface area contributed by atoms with Gasteiger partial charge in [0.25, 0.3) is 0 Å². The Balaban J connectivity index is 0.000000253. The van der Waals surface area contributed by atoms with Gasteiger partial charge in [0, 0.05) is 37.4 Å². The van der Waals surface area contributed by atoms with Gasteiger partial charge in [-0.2, -0.15) is 13.2 Å². The van der Waals surface area contributed by atoms with E-state index < -0.39 is 19.9 Å². The second kappa shape index (κ2) is 19.0. The molecule has 0 amide bonds. The molecule has 335 valence electrons. The number of halogens is 3. The molecule has 0 saturated carbocycles. The van der Waals surface area contributed by atoms with Crippen LogP contribution in [0.25, 0.3) is 72.6 Å². The van der Waals surface area contributed by atoms with E-state index in [1.54, 1.807) is 12.1 Å². The molecular weight excluding hydrogens is 1010 g/mol. The Kier molecular flexibility index (Phi) is 13.9. The van der Waals surface area contributed by atoms with Gasteiger partial charge in [-0.25, -0.2) is 4.98 Å². The van der Waals surface area contributed by atoms with Crippen LogP contribution in [0.1, 0.15) is 75.8 Å². The number of aromatic nitrogens is 4. The molecule has 5 nitrogen and oxygen atoms in total. The molecule has 4 aromatic heterocycles. The van der Waals surface area contributed by atoms with Crippen molar-refractivity contribution in [1.82, 2.24) is 19.5 Å². The normalized spacial score (nSPS) is 12.0. The summed E-state index contributed by atoms with van der Waals surface area (Å²) in [6.07, 6.45) is -1.34. The molecule has 5 aromatic carbocycles. The number of imidazole rings is 1. The van der Waals surface area contributed by atoms with Crippen molar-refractivity contribution in [3.05, 3.63) is 162 Å². The number of fused-ring (bicyclic) bond motifs is 4. The molecule has 65 heavy (non-hydrogen) atoms. The molecule has 0 unspecified atom stereocenters. The molecule has 10 heteroatoms. The van der Waals surface area contributed by atoms with Crippen molar-refractivity contribution in [1.29, 1.82) is 0 Å². The van der Waals surface area contributed by atoms with Crippen molar-refractivity contribution in [3.8, 4) is 39.5 Å². The summed E-state index contributed by atoms with van der Waals surface area (Å²) in [6, 6.07) is 45.7. The molecule has 9 aromatic rings. The monoisotopic (exact) mass is 1060 g/mol. The standard InChI is InChI=1S/C37H29F3N3O.C18H24NSi.Ir/c1-21(2)28-19-24(23-11-6-5-7-12-23)20-29(22(3)4)33(28)43-31-16-9-8-15-30(31)41-35(43)27-14-10-13-25-26-17-18-32(37(38,39)40)42-36(26)44-34(25)27;1-14(2)11-16-12-17(15-9-7-6-8-10-15)19-13-18(16)20(3,4)5;/h5-13,15-22H,1-4H3;6-9,12-14H,11H2,1-5H3;/q2*-1;. The zero-order valence-corrected chi connectivity index (χ0v) is 41.6. The van der Waals surface area contributed by atoms with E-state index in [9.17, 15) is 13.2 Å². The van der Waals surface area contributed by atoms with Crippen molar-refractivity contribution in [2.75, 3.05) is 0 Å². The van der Waals surface area contributed by atoms with E-state index in [4.69, 9.17) is 9.40 Å². The Morgan fingerprint density at radius 3 is 2.02 bits per heavy atom. The average molecular weight is 1060 g/mol. The van der Waals surface area contributed by atoms with Crippen molar-refractivity contribution in [2.45, 2.75) is 85.6 Å². The minimum atomic E-state index is -4.58. The fraction of sp³-hybridized carbons (Fsp3) is 0.255. The third kappa shape index (κ3) is 9.81. The topological polar surface area (TPSA) is 56.7 Å². The van der Waals surface area contributed by atoms with E-state index in [1.165, 1.54) is 16.8 Å². The molecule has 4 heterocycles. The number of hydrogen-bond acceptors (Lipinski definition) is 4. The van der Waals surface area contributed by atoms with Gasteiger partial charge in [-0.1, -0.05) is 126 Å². The average Bonchev–Trinajstić information content (AvgIpc) is 3.84. The predicted molar refractivity (Wildman–Crippen MR) is 259 cm³/mol. The van der Waals surface area contributed by atoms with Crippen molar-refractivity contribution < 1.29 is 37.7 Å². The first-order valence-corrected chi connectivity index (χ1v) is 25.5. The zero-order chi connectivity index (χ0) is 45.5. The predicted octanol–water partition coefficient (Wildman–Crippen LogP) is 15.0. The molecular formula is C55H53F3IrN4OSi-2. The maximum absolute atomic E-state index is 13.5. The summed E-state index contributed by atoms with van der Waals surface area (Å²) in [5, 5.41) is 2.65. The van der Waals surface area contributed by atoms with E-state index in [-0.39, 0.29) is 37.7 Å². The summed E-state index contributed by atoms with van der Waals surface area (Å²) in [5.74, 6) is 1.62. The third-order valence-corrected chi connectivity index (χ3v) is 13.6. The fourth-order valence-electron chi connectivity index (χ4n) is 8.46. The summed E-state index contributed by atoms with van der Waals surface area (Å²) < 4.78 is 48.7. The van der Waals surface area contributed by atoms with Crippen LogP contribution in [-0.2, 0) is 32.7 Å². The molecule has 0 atom stereocenters. The number of nitrogens with zero attached hydrogens (tertiary/aromatic N) is 4. The van der Waals surface area contributed by atoms with Gasteiger partial charge in [-0.05, 0) is 93.7 Å². The van der Waals surface area contributed by atoms with Crippen LogP contribution in [0.15, 0.2) is 132 Å². The van der Waals surface area contributed by atoms with E-state index >= 15 is 0 Å². The van der Waals surface area contributed by atoms with Crippen LogP contribution < -0.4 is 5.19 Å². The Bertz CT molecular complexity index is 3070. The smallest absolute Gasteiger partial charge is 0.433 e. The number of alkyl halides is 3. The van der Waals surface area contributed by atoms with Gasteiger partial charge in [0.2, 0.25) is 5.71 Å². The van der Waals surface area contributed by atoms with Gasteiger partial charge in [-0.15, -0.1) is 54.1 Å². The van der Waals surface area contributed by atoms with Crippen LogP contribution in [0.5, 0.6) is 0 Å². The second-order valence-electron chi connectivity index (χ2n) is 18.5. The maximum Gasteiger partial charge on any atom is 0.433 e. The summed E-state index contributed by atoms with van der Waals surface area (Å²) in [4.78, 5) is 13.6. The van der Waals surface area contributed by atoms with Crippen LogP contribution >= 0.6 is 0 Å². The van der Waals surface area contributed by atoms with Gasteiger partial charge in [0.1, 0.15) is 5.69 Å². The first-order chi connectivity index (χ1) is 30.5. The Morgan fingerprint density at radius 2 is 1.38 bits per heavy atom. The molecule has 0 fully saturated rings. The first-order valence-electron chi connectivity index (χ1n) is 22.0. The van der Waals surface area contributed by atoms with Crippen molar-refractivity contribution in [3.63, 3.8) is 0 Å². The van der Waals surface area contributed by atoms with Gasteiger partial charge >= 0.3 is 6.18 Å². The van der Waals surface area contributed by atoms with Crippen LogP contribution in [0.3, 0.4) is 0 Å². The Morgan fingerprint density at radius 1 is 0.708 bits per heavy atom. The molecule has 0 bridgehead atoms. The summed E-state index contributed by atoms with van der Waals surface area (Å²) in [7, 11) is -1.34. The molecule has 0 N–H and O–H groups in total. The SMILES string of the molecule is CC(C)Cc1cc(-c2[c-]cccc2)ncc1[Si](C)(C)C.CC(C)c1cc(-c2ccccc2)cc(C(C)C)c1-n1c(-c2[c-]ccc3c2oc2nc(C(F)(F)F)ccc23)nc2ccccc21.[Ir]. The molecule has 9 rings (SSSR count). The molecule has 1 radical (unpaired) electrons. The van der Waals surface area contributed by atoms with Crippen LogP contribution in [0.4, 0.5) is 13.2 Å². The van der Waals surface area contributed by atoms with Gasteiger partial charge in [-0.3, -0.25) is 4.98 Å². The quantitative estimate of drug-likeness (QED) is 0.107. The molecule has 0 aliphatic carbocycles. The number of benzene rings is 5. The maximum atomic E-state index is 13.5. The summed E-state index contributed by atoms with van der Waals surface area (Å²) >= 11 is 0. The molecule has 0 saturated heterocycles. The van der Waals surface area contributed by atoms with Gasteiger partial charge in [0.05, 0.1) is 30.5 Å². The molecule has 0 aliphatic heterocycles. The summed E-state index contributed by atoms with van der Waals surface area (Å²) in [5.41, 5.74) is 10.8. The number of pyridine rings is 2. The van der Waals surface area contributed by atoms with E-state index in [0.717, 1.165) is 62.7 Å². The first kappa shape index (κ1) is 47.3. The number of furan rings is 1. The minimum Gasteiger partial charge on any atom is -0.486 e.